The molecule has 3 rings (SSSR count). The number of nitrogens with one attached hydrogen (secondary N) is 2. The minimum Gasteiger partial charge on any atom is -0.495 e. The van der Waals surface area contributed by atoms with Crippen LogP contribution in [-0.4, -0.2) is 49.0 Å². The Morgan fingerprint density at radius 2 is 2.00 bits per heavy atom. The molecule has 0 radical (unpaired) electrons. The number of benzene rings is 1. The minimum absolute atomic E-state index is 0.0211. The number of halogens is 1. The number of imide groups is 1. The van der Waals surface area contributed by atoms with Crippen molar-refractivity contribution in [3.05, 3.63) is 28.3 Å². The molecule has 7 nitrogen and oxygen atoms in total. The molecule has 2 saturated heterocycles. The average molecular weight is 394 g/mol. The molecule has 27 heavy (non-hydrogen) atoms. The number of ether oxygens (including phenoxy) is 1. The van der Waals surface area contributed by atoms with Gasteiger partial charge in [0.2, 0.25) is 5.91 Å². The number of likely N-dealkylation sites (tertiary alicyclic amines) is 1. The third kappa shape index (κ3) is 4.35. The van der Waals surface area contributed by atoms with Gasteiger partial charge in [-0.25, -0.2) is 4.79 Å². The Morgan fingerprint density at radius 1 is 1.30 bits per heavy atom. The Morgan fingerprint density at radius 3 is 2.59 bits per heavy atom. The SMILES string of the molecule is COc1cc(C2CCN(C(=O)CC[C@H]3NC(=O)NC3=O)CC2)c(C)cc1Cl. The molecule has 1 aromatic carbocycles. The molecule has 146 valence electrons. The summed E-state index contributed by atoms with van der Waals surface area (Å²) in [6.07, 6.45) is 2.32. The Bertz CT molecular complexity index is 760. The summed E-state index contributed by atoms with van der Waals surface area (Å²) >= 11 is 6.18. The number of urea groups is 1. The van der Waals surface area contributed by atoms with Crippen LogP contribution in [0.25, 0.3) is 0 Å². The Kier molecular flexibility index (Phi) is 5.89. The third-order valence-corrected chi connectivity index (χ3v) is 5.63. The van der Waals surface area contributed by atoms with Crippen molar-refractivity contribution in [1.29, 1.82) is 0 Å². The molecule has 0 spiro atoms. The van der Waals surface area contributed by atoms with E-state index in [0.717, 1.165) is 18.4 Å². The zero-order valence-electron chi connectivity index (χ0n) is 15.5. The van der Waals surface area contributed by atoms with E-state index in [-0.39, 0.29) is 18.2 Å². The molecule has 0 saturated carbocycles. The highest BCUT2D eigenvalue weighted by molar-refractivity contribution is 6.32. The van der Waals surface area contributed by atoms with Gasteiger partial charge in [-0.3, -0.25) is 14.9 Å². The summed E-state index contributed by atoms with van der Waals surface area (Å²) < 4.78 is 5.33. The highest BCUT2D eigenvalue weighted by atomic mass is 35.5. The largest absolute Gasteiger partial charge is 0.495 e. The van der Waals surface area contributed by atoms with Crippen LogP contribution in [0.15, 0.2) is 12.1 Å². The number of piperidine rings is 1. The van der Waals surface area contributed by atoms with E-state index >= 15 is 0 Å². The number of carbonyl (C=O) groups excluding carboxylic acids is 3. The van der Waals surface area contributed by atoms with E-state index in [1.807, 2.05) is 24.0 Å². The lowest BCUT2D eigenvalue weighted by molar-refractivity contribution is -0.132. The van der Waals surface area contributed by atoms with Gasteiger partial charge < -0.3 is 15.0 Å². The van der Waals surface area contributed by atoms with Gasteiger partial charge >= 0.3 is 6.03 Å². The first-order valence-corrected chi connectivity index (χ1v) is 9.50. The second kappa shape index (κ2) is 8.17. The summed E-state index contributed by atoms with van der Waals surface area (Å²) in [5, 5.41) is 5.30. The molecule has 0 bridgehead atoms. The zero-order valence-corrected chi connectivity index (χ0v) is 16.3. The Hall–Kier alpha value is -2.28. The second-order valence-corrected chi connectivity index (χ2v) is 7.46. The lowest BCUT2D eigenvalue weighted by atomic mass is 9.86. The first-order valence-electron chi connectivity index (χ1n) is 9.12. The van der Waals surface area contributed by atoms with E-state index in [2.05, 4.69) is 10.6 Å². The highest BCUT2D eigenvalue weighted by Crippen LogP contribution is 2.36. The van der Waals surface area contributed by atoms with Crippen LogP contribution in [0, 0.1) is 6.92 Å². The standard InChI is InChI=1S/C19H24ClN3O4/c1-11-9-14(20)16(27-2)10-13(11)12-5-7-23(8-6-12)17(24)4-3-15-18(25)22-19(26)21-15/h9-10,12,15H,3-8H2,1-2H3,(H2,21,22,25,26)/t15-/m1/s1. The number of methoxy groups -OCH3 is 1. The van der Waals surface area contributed by atoms with Crippen LogP contribution in [0.2, 0.25) is 5.02 Å². The van der Waals surface area contributed by atoms with Gasteiger partial charge in [-0.1, -0.05) is 11.6 Å². The van der Waals surface area contributed by atoms with Crippen molar-refractivity contribution in [1.82, 2.24) is 15.5 Å². The van der Waals surface area contributed by atoms with Crippen molar-refractivity contribution >= 4 is 29.4 Å². The predicted molar refractivity (Wildman–Crippen MR) is 101 cm³/mol. The Balaban J connectivity index is 1.53. The molecule has 8 heteroatoms. The van der Waals surface area contributed by atoms with Crippen molar-refractivity contribution in [2.75, 3.05) is 20.2 Å². The van der Waals surface area contributed by atoms with E-state index in [0.29, 0.717) is 36.2 Å². The van der Waals surface area contributed by atoms with Crippen molar-refractivity contribution in [3.63, 3.8) is 0 Å². The van der Waals surface area contributed by atoms with Crippen molar-refractivity contribution in [2.24, 2.45) is 0 Å². The molecule has 0 aliphatic carbocycles. The summed E-state index contributed by atoms with van der Waals surface area (Å²) in [6.45, 7) is 3.40. The van der Waals surface area contributed by atoms with Gasteiger partial charge in [0, 0.05) is 19.5 Å². The molecule has 1 atom stereocenters. The van der Waals surface area contributed by atoms with Crippen molar-refractivity contribution in [3.8, 4) is 5.75 Å². The van der Waals surface area contributed by atoms with E-state index in [1.165, 1.54) is 5.56 Å². The van der Waals surface area contributed by atoms with E-state index in [1.54, 1.807) is 7.11 Å². The van der Waals surface area contributed by atoms with Gasteiger partial charge in [0.1, 0.15) is 11.8 Å². The summed E-state index contributed by atoms with van der Waals surface area (Å²) in [5.41, 5.74) is 2.35. The fourth-order valence-electron chi connectivity index (χ4n) is 3.79. The maximum absolute atomic E-state index is 12.4. The van der Waals surface area contributed by atoms with Crippen LogP contribution >= 0.6 is 11.6 Å². The lowest BCUT2D eigenvalue weighted by Gasteiger charge is -2.33. The van der Waals surface area contributed by atoms with Crippen LogP contribution in [0.5, 0.6) is 5.75 Å². The number of hydrogen-bond acceptors (Lipinski definition) is 4. The normalized spacial score (nSPS) is 20.4. The van der Waals surface area contributed by atoms with Crippen LogP contribution in [0.3, 0.4) is 0 Å². The van der Waals surface area contributed by atoms with Crippen LogP contribution < -0.4 is 15.4 Å². The van der Waals surface area contributed by atoms with E-state index < -0.39 is 12.1 Å². The van der Waals surface area contributed by atoms with E-state index in [4.69, 9.17) is 16.3 Å². The predicted octanol–water partition coefficient (Wildman–Crippen LogP) is 2.35. The molecule has 0 aromatic heterocycles. The van der Waals surface area contributed by atoms with Crippen LogP contribution in [0.4, 0.5) is 4.79 Å². The van der Waals surface area contributed by atoms with Gasteiger partial charge in [0.15, 0.2) is 0 Å². The monoisotopic (exact) mass is 393 g/mol. The van der Waals surface area contributed by atoms with Gasteiger partial charge in [0.05, 0.1) is 12.1 Å². The molecule has 1 aromatic rings. The fourth-order valence-corrected chi connectivity index (χ4v) is 4.09. The molecule has 2 N–H and O–H groups in total. The number of carbonyl (C=O) groups is 3. The molecular weight excluding hydrogens is 370 g/mol. The number of amides is 4. The number of hydrogen-bond donors (Lipinski definition) is 2. The molecular formula is C19H24ClN3O4. The zero-order chi connectivity index (χ0) is 19.6. The second-order valence-electron chi connectivity index (χ2n) is 7.05. The molecule has 2 aliphatic heterocycles. The van der Waals surface area contributed by atoms with Gasteiger partial charge in [-0.05, 0) is 55.4 Å². The van der Waals surface area contributed by atoms with Crippen molar-refractivity contribution in [2.45, 2.75) is 44.6 Å². The smallest absolute Gasteiger partial charge is 0.322 e. The van der Waals surface area contributed by atoms with Crippen molar-refractivity contribution < 1.29 is 19.1 Å². The van der Waals surface area contributed by atoms with Crippen LogP contribution in [-0.2, 0) is 9.59 Å². The maximum atomic E-state index is 12.4. The maximum Gasteiger partial charge on any atom is 0.322 e. The Labute approximate surface area is 163 Å². The van der Waals surface area contributed by atoms with Crippen LogP contribution in [0.1, 0.15) is 42.7 Å². The first-order chi connectivity index (χ1) is 12.9. The first kappa shape index (κ1) is 19.5. The summed E-state index contributed by atoms with van der Waals surface area (Å²) in [6, 6.07) is 2.82. The summed E-state index contributed by atoms with van der Waals surface area (Å²) in [5.74, 6) is 0.694. The summed E-state index contributed by atoms with van der Waals surface area (Å²) in [4.78, 5) is 36.9. The quantitative estimate of drug-likeness (QED) is 0.751. The lowest BCUT2D eigenvalue weighted by Crippen LogP contribution is -2.39. The molecule has 2 fully saturated rings. The molecule has 2 heterocycles. The van der Waals surface area contributed by atoms with Gasteiger partial charge in [-0.15, -0.1) is 0 Å². The number of aryl methyl sites for hydroxylation is 1. The summed E-state index contributed by atoms with van der Waals surface area (Å²) in [7, 11) is 1.61. The van der Waals surface area contributed by atoms with Gasteiger partial charge in [-0.2, -0.15) is 0 Å². The average Bonchev–Trinajstić information content (AvgIpc) is 2.97. The molecule has 4 amide bonds. The third-order valence-electron chi connectivity index (χ3n) is 5.33. The van der Waals surface area contributed by atoms with E-state index in [9.17, 15) is 14.4 Å². The molecule has 2 aliphatic rings. The number of rotatable bonds is 5. The highest BCUT2D eigenvalue weighted by Gasteiger charge is 2.31. The minimum atomic E-state index is -0.608. The topological polar surface area (TPSA) is 87.7 Å². The van der Waals surface area contributed by atoms with Gasteiger partial charge in [0.25, 0.3) is 5.91 Å². The fraction of sp³-hybridized carbons (Fsp3) is 0.526. The molecule has 0 unspecified atom stereocenters. The number of nitrogens with zero attached hydrogens (tertiary/aromatic N) is 1.